The zero-order chi connectivity index (χ0) is 16.1. The van der Waals surface area contributed by atoms with Gasteiger partial charge in [-0.3, -0.25) is 4.79 Å². The van der Waals surface area contributed by atoms with Crippen molar-refractivity contribution >= 4 is 33.2 Å². The zero-order valence-corrected chi connectivity index (χ0v) is 15.2. The predicted octanol–water partition coefficient (Wildman–Crippen LogP) is 3.55. The van der Waals surface area contributed by atoms with Crippen molar-refractivity contribution in [2.24, 2.45) is 0 Å². The quantitative estimate of drug-likeness (QED) is 0.830. The summed E-state index contributed by atoms with van der Waals surface area (Å²) >= 11 is 4.80. The number of methoxy groups -OCH3 is 1. The van der Waals surface area contributed by atoms with Crippen LogP contribution in [0.4, 0.5) is 0 Å². The lowest BCUT2D eigenvalue weighted by molar-refractivity contribution is 0.0946. The highest BCUT2D eigenvalue weighted by atomic mass is 79.9. The molecule has 0 spiro atoms. The molecule has 4 nitrogen and oxygen atoms in total. The Bertz CT molecular complexity index is 643. The first-order valence-electron chi connectivity index (χ1n) is 6.85. The average molecular weight is 383 g/mol. The molecule has 118 valence electrons. The van der Waals surface area contributed by atoms with Crippen LogP contribution in [0.5, 0.6) is 5.75 Å². The Morgan fingerprint density at radius 3 is 2.73 bits per heavy atom. The Labute approximate surface area is 143 Å². The average Bonchev–Trinajstić information content (AvgIpc) is 2.94. The number of nitrogens with one attached hydrogen (secondary N) is 1. The van der Waals surface area contributed by atoms with Gasteiger partial charge in [-0.25, -0.2) is 0 Å². The van der Waals surface area contributed by atoms with Crippen LogP contribution in [0.3, 0.4) is 0 Å². The molecule has 0 saturated carbocycles. The van der Waals surface area contributed by atoms with Crippen molar-refractivity contribution in [2.45, 2.75) is 6.04 Å². The van der Waals surface area contributed by atoms with Gasteiger partial charge in [-0.1, -0.05) is 12.1 Å². The Balaban J connectivity index is 2.07. The van der Waals surface area contributed by atoms with Gasteiger partial charge >= 0.3 is 0 Å². The van der Waals surface area contributed by atoms with Crippen LogP contribution in [-0.4, -0.2) is 38.6 Å². The Morgan fingerprint density at radius 2 is 2.14 bits per heavy atom. The van der Waals surface area contributed by atoms with E-state index in [4.69, 9.17) is 4.74 Å². The summed E-state index contributed by atoms with van der Waals surface area (Å²) in [6.45, 7) is 0.536. The maximum atomic E-state index is 12.2. The first kappa shape index (κ1) is 17.0. The number of amides is 1. The number of hydrogen-bond acceptors (Lipinski definition) is 4. The minimum absolute atomic E-state index is 0.0505. The second-order valence-electron chi connectivity index (χ2n) is 5.07. The van der Waals surface area contributed by atoms with Crippen LogP contribution in [0.1, 0.15) is 21.3 Å². The van der Waals surface area contributed by atoms with Gasteiger partial charge in [0.25, 0.3) is 5.91 Å². The van der Waals surface area contributed by atoms with Gasteiger partial charge < -0.3 is 15.0 Å². The van der Waals surface area contributed by atoms with Crippen molar-refractivity contribution in [3.8, 4) is 5.75 Å². The van der Waals surface area contributed by atoms with Crippen molar-refractivity contribution in [2.75, 3.05) is 27.7 Å². The molecular weight excluding hydrogens is 364 g/mol. The number of carbonyl (C=O) groups is 1. The highest BCUT2D eigenvalue weighted by molar-refractivity contribution is 9.11. The van der Waals surface area contributed by atoms with Crippen molar-refractivity contribution in [1.29, 1.82) is 0 Å². The minimum Gasteiger partial charge on any atom is -0.497 e. The molecule has 1 unspecified atom stereocenters. The standard InChI is InChI=1S/C16H19BrN2O2S/c1-19(2)13(11-5-4-6-12(9-11)21-3)10-18-16(20)14-7-8-15(17)22-14/h4-9,13H,10H2,1-3H3,(H,18,20). The van der Waals surface area contributed by atoms with Gasteiger partial charge in [-0.05, 0) is 59.9 Å². The van der Waals surface area contributed by atoms with Gasteiger partial charge in [0.1, 0.15) is 5.75 Å². The fourth-order valence-corrected chi connectivity index (χ4v) is 3.46. The fourth-order valence-electron chi connectivity index (χ4n) is 2.16. The third kappa shape index (κ3) is 4.32. The molecule has 1 aromatic carbocycles. The highest BCUT2D eigenvalue weighted by Gasteiger charge is 2.17. The van der Waals surface area contributed by atoms with E-state index in [1.807, 2.05) is 50.5 Å². The second kappa shape index (κ2) is 7.76. The van der Waals surface area contributed by atoms with E-state index in [-0.39, 0.29) is 11.9 Å². The summed E-state index contributed by atoms with van der Waals surface area (Å²) in [5.74, 6) is 0.767. The molecule has 0 fully saturated rings. The summed E-state index contributed by atoms with van der Waals surface area (Å²) in [4.78, 5) is 15.0. The van der Waals surface area contributed by atoms with Gasteiger partial charge in [0.2, 0.25) is 0 Å². The summed E-state index contributed by atoms with van der Waals surface area (Å²) in [7, 11) is 5.65. The van der Waals surface area contributed by atoms with Crippen LogP contribution in [0.2, 0.25) is 0 Å². The van der Waals surface area contributed by atoms with Gasteiger partial charge in [-0.2, -0.15) is 0 Å². The van der Waals surface area contributed by atoms with Gasteiger partial charge in [-0.15, -0.1) is 11.3 Å². The molecule has 2 aromatic rings. The SMILES string of the molecule is COc1cccc(C(CNC(=O)c2ccc(Br)s2)N(C)C)c1. The van der Waals surface area contributed by atoms with Crippen molar-refractivity contribution in [1.82, 2.24) is 10.2 Å². The molecule has 6 heteroatoms. The van der Waals surface area contributed by atoms with E-state index in [1.165, 1.54) is 11.3 Å². The monoisotopic (exact) mass is 382 g/mol. The molecule has 0 radical (unpaired) electrons. The molecular formula is C16H19BrN2O2S. The number of likely N-dealkylation sites (N-methyl/N-ethyl adjacent to an activating group) is 1. The van der Waals surface area contributed by atoms with E-state index < -0.39 is 0 Å². The summed E-state index contributed by atoms with van der Waals surface area (Å²) in [5.41, 5.74) is 1.11. The Kier molecular flexibility index (Phi) is 5.99. The molecule has 0 saturated heterocycles. The predicted molar refractivity (Wildman–Crippen MR) is 93.8 cm³/mol. The lowest BCUT2D eigenvalue weighted by Gasteiger charge is -2.25. The number of rotatable bonds is 6. The van der Waals surface area contributed by atoms with E-state index in [0.717, 1.165) is 15.1 Å². The summed E-state index contributed by atoms with van der Waals surface area (Å²) < 4.78 is 6.23. The third-order valence-electron chi connectivity index (χ3n) is 3.35. The molecule has 2 rings (SSSR count). The largest absolute Gasteiger partial charge is 0.497 e. The van der Waals surface area contributed by atoms with Crippen molar-refractivity contribution < 1.29 is 9.53 Å². The molecule has 0 aliphatic heterocycles. The second-order valence-corrected chi connectivity index (χ2v) is 7.53. The fraction of sp³-hybridized carbons (Fsp3) is 0.312. The first-order chi connectivity index (χ1) is 10.5. The van der Waals surface area contributed by atoms with E-state index in [0.29, 0.717) is 11.4 Å². The number of nitrogens with zero attached hydrogens (tertiary/aromatic N) is 1. The van der Waals surface area contributed by atoms with Crippen LogP contribution < -0.4 is 10.1 Å². The number of hydrogen-bond donors (Lipinski definition) is 1. The molecule has 1 N–H and O–H groups in total. The first-order valence-corrected chi connectivity index (χ1v) is 8.46. The molecule has 1 amide bonds. The lowest BCUT2D eigenvalue weighted by atomic mass is 10.1. The van der Waals surface area contributed by atoms with Crippen LogP contribution in [-0.2, 0) is 0 Å². The van der Waals surface area contributed by atoms with E-state index in [9.17, 15) is 4.79 Å². The van der Waals surface area contributed by atoms with E-state index in [1.54, 1.807) is 7.11 Å². The molecule has 1 aromatic heterocycles. The van der Waals surface area contributed by atoms with Gasteiger partial charge in [0.15, 0.2) is 0 Å². The minimum atomic E-state index is -0.0505. The van der Waals surface area contributed by atoms with E-state index >= 15 is 0 Å². The summed E-state index contributed by atoms with van der Waals surface area (Å²) in [6, 6.07) is 11.7. The Hall–Kier alpha value is -1.37. The zero-order valence-electron chi connectivity index (χ0n) is 12.8. The molecule has 1 atom stereocenters. The summed E-state index contributed by atoms with van der Waals surface area (Å²) in [6.07, 6.45) is 0. The number of ether oxygens (including phenoxy) is 1. The highest BCUT2D eigenvalue weighted by Crippen LogP contribution is 2.24. The number of benzene rings is 1. The van der Waals surface area contributed by atoms with Crippen LogP contribution in [0.15, 0.2) is 40.2 Å². The van der Waals surface area contributed by atoms with Crippen molar-refractivity contribution in [3.63, 3.8) is 0 Å². The topological polar surface area (TPSA) is 41.6 Å². The van der Waals surface area contributed by atoms with E-state index in [2.05, 4.69) is 26.1 Å². The maximum absolute atomic E-state index is 12.2. The molecule has 1 heterocycles. The summed E-state index contributed by atoms with van der Waals surface area (Å²) in [5, 5.41) is 3.00. The molecule has 0 aliphatic rings. The Morgan fingerprint density at radius 1 is 1.36 bits per heavy atom. The van der Waals surface area contributed by atoms with Crippen LogP contribution in [0.25, 0.3) is 0 Å². The number of halogens is 1. The van der Waals surface area contributed by atoms with Crippen LogP contribution >= 0.6 is 27.3 Å². The third-order valence-corrected chi connectivity index (χ3v) is 4.98. The molecule has 0 aliphatic carbocycles. The molecule has 22 heavy (non-hydrogen) atoms. The number of carbonyl (C=O) groups excluding carboxylic acids is 1. The normalized spacial score (nSPS) is 12.2. The molecule has 0 bridgehead atoms. The number of thiophene rings is 1. The smallest absolute Gasteiger partial charge is 0.261 e. The van der Waals surface area contributed by atoms with Gasteiger partial charge in [0, 0.05) is 6.54 Å². The van der Waals surface area contributed by atoms with Crippen LogP contribution in [0, 0.1) is 0 Å². The lowest BCUT2D eigenvalue weighted by Crippen LogP contribution is -2.34. The van der Waals surface area contributed by atoms with Gasteiger partial charge in [0.05, 0.1) is 21.8 Å². The maximum Gasteiger partial charge on any atom is 0.261 e. The van der Waals surface area contributed by atoms with Crippen molar-refractivity contribution in [3.05, 3.63) is 50.6 Å².